The van der Waals surface area contributed by atoms with Crippen molar-refractivity contribution in [3.8, 4) is 0 Å². The fourth-order valence-electron chi connectivity index (χ4n) is 4.17. The van der Waals surface area contributed by atoms with Gasteiger partial charge in [-0.1, -0.05) is 39.3 Å². The van der Waals surface area contributed by atoms with Gasteiger partial charge in [0.2, 0.25) is 5.91 Å². The van der Waals surface area contributed by atoms with Gasteiger partial charge >= 0.3 is 5.69 Å². The highest BCUT2D eigenvalue weighted by atomic mass is 16.2. The third-order valence-electron chi connectivity index (χ3n) is 6.11. The number of benzene rings is 1. The maximum Gasteiger partial charge on any atom is 0.330 e. The lowest BCUT2D eigenvalue weighted by atomic mass is 10.1. The van der Waals surface area contributed by atoms with Crippen LogP contribution < -0.4 is 16.1 Å². The molecular formula is C26H38N6O3. The predicted octanol–water partition coefficient (Wildman–Crippen LogP) is 3.00. The Morgan fingerprint density at radius 1 is 1.09 bits per heavy atom. The topological polar surface area (TPSA) is 96.2 Å². The molecule has 0 radical (unpaired) electrons. The predicted molar refractivity (Wildman–Crippen MR) is 140 cm³/mol. The van der Waals surface area contributed by atoms with E-state index in [-0.39, 0.29) is 18.2 Å². The molecule has 1 amide bonds. The summed E-state index contributed by atoms with van der Waals surface area (Å²) in [6.07, 6.45) is 2.40. The average Bonchev–Trinajstić information content (AvgIpc) is 3.15. The normalized spacial score (nSPS) is 11.4. The molecule has 0 aliphatic carbocycles. The number of fused-ring (bicyclic) bond motifs is 1. The third-order valence-corrected chi connectivity index (χ3v) is 6.11. The summed E-state index contributed by atoms with van der Waals surface area (Å²) < 4.78 is 3.43. The number of H-pyrrole nitrogens is 1. The fourth-order valence-corrected chi connectivity index (χ4v) is 4.17. The Kier molecular flexibility index (Phi) is 8.53. The lowest BCUT2D eigenvalue weighted by Gasteiger charge is -2.19. The average molecular weight is 483 g/mol. The molecule has 0 saturated heterocycles. The number of unbranched alkanes of at least 4 members (excludes halogenated alkanes) is 1. The monoisotopic (exact) mass is 482 g/mol. The summed E-state index contributed by atoms with van der Waals surface area (Å²) in [6.45, 7) is 7.79. The van der Waals surface area contributed by atoms with Gasteiger partial charge in [-0.25, -0.2) is 9.78 Å². The van der Waals surface area contributed by atoms with Crippen molar-refractivity contribution >= 4 is 22.8 Å². The van der Waals surface area contributed by atoms with E-state index in [1.165, 1.54) is 0 Å². The van der Waals surface area contributed by atoms with Crippen LogP contribution in [-0.2, 0) is 30.8 Å². The van der Waals surface area contributed by atoms with Crippen LogP contribution in [0.1, 0.15) is 51.4 Å². The quantitative estimate of drug-likeness (QED) is 0.453. The fraction of sp³-hybridized carbons (Fsp3) is 0.538. The summed E-state index contributed by atoms with van der Waals surface area (Å²) in [7, 11) is 5.79. The minimum absolute atomic E-state index is 0.00196. The van der Waals surface area contributed by atoms with Crippen molar-refractivity contribution < 1.29 is 4.79 Å². The number of aryl methyl sites for hydroxylation is 2. The van der Waals surface area contributed by atoms with Crippen LogP contribution >= 0.6 is 0 Å². The van der Waals surface area contributed by atoms with Gasteiger partial charge in [0, 0.05) is 59.3 Å². The molecule has 0 unspecified atom stereocenters. The molecule has 35 heavy (non-hydrogen) atoms. The largest absolute Gasteiger partial charge is 0.378 e. The first-order chi connectivity index (χ1) is 16.6. The van der Waals surface area contributed by atoms with Gasteiger partial charge < -0.3 is 14.4 Å². The molecule has 0 bridgehead atoms. The Morgan fingerprint density at radius 3 is 2.37 bits per heavy atom. The molecule has 0 spiro atoms. The van der Waals surface area contributed by atoms with Crippen LogP contribution in [0.2, 0.25) is 0 Å². The Morgan fingerprint density at radius 2 is 1.77 bits per heavy atom. The van der Waals surface area contributed by atoms with Crippen molar-refractivity contribution in [3.05, 3.63) is 56.5 Å². The van der Waals surface area contributed by atoms with Crippen molar-refractivity contribution in [2.75, 3.05) is 26.0 Å². The molecular weight excluding hydrogens is 444 g/mol. The van der Waals surface area contributed by atoms with E-state index in [1.807, 2.05) is 47.8 Å². The molecule has 0 aliphatic rings. The number of imidazole rings is 1. The van der Waals surface area contributed by atoms with Crippen LogP contribution in [0.4, 0.5) is 5.69 Å². The minimum Gasteiger partial charge on any atom is -0.378 e. The molecule has 0 fully saturated rings. The Labute approximate surface area is 206 Å². The number of nitrogens with zero attached hydrogens (tertiary/aromatic N) is 5. The number of anilines is 1. The lowest BCUT2D eigenvalue weighted by Crippen LogP contribution is -2.31. The highest BCUT2D eigenvalue weighted by Crippen LogP contribution is 2.17. The molecule has 0 saturated carbocycles. The summed E-state index contributed by atoms with van der Waals surface area (Å²) in [4.78, 5) is 49.1. The van der Waals surface area contributed by atoms with Crippen LogP contribution in [0.25, 0.3) is 11.2 Å². The maximum atomic E-state index is 12.9. The Hall–Kier alpha value is -3.36. The molecule has 1 aromatic carbocycles. The van der Waals surface area contributed by atoms with Gasteiger partial charge in [-0.15, -0.1) is 0 Å². The first-order valence-corrected chi connectivity index (χ1v) is 12.3. The first-order valence-electron chi connectivity index (χ1n) is 12.3. The number of carbonyl (C=O) groups is 1. The summed E-state index contributed by atoms with van der Waals surface area (Å²) in [5.41, 5.74) is 2.12. The van der Waals surface area contributed by atoms with Crippen molar-refractivity contribution in [3.63, 3.8) is 0 Å². The number of rotatable bonds is 11. The molecule has 2 heterocycles. The van der Waals surface area contributed by atoms with E-state index in [0.29, 0.717) is 43.0 Å². The van der Waals surface area contributed by atoms with Crippen LogP contribution in [0.3, 0.4) is 0 Å². The summed E-state index contributed by atoms with van der Waals surface area (Å²) in [5.74, 6) is 0.930. The molecule has 3 aromatic rings. The number of aromatic nitrogens is 4. The number of aromatic amines is 1. The summed E-state index contributed by atoms with van der Waals surface area (Å²) in [6, 6.07) is 8.14. The minimum atomic E-state index is -0.437. The highest BCUT2D eigenvalue weighted by Gasteiger charge is 2.20. The number of hydrogen-bond acceptors (Lipinski definition) is 5. The number of amides is 1. The SMILES string of the molecule is CCCCn1c(=O)[nH]c(=O)c2c1nc(CCC(=O)N(C)Cc1ccc(N(C)C)cc1)n2CC(C)C. The van der Waals surface area contributed by atoms with Crippen molar-refractivity contribution in [2.45, 2.75) is 66.1 Å². The van der Waals surface area contributed by atoms with Crippen LogP contribution in [0.15, 0.2) is 33.9 Å². The highest BCUT2D eigenvalue weighted by molar-refractivity contribution is 5.76. The van der Waals surface area contributed by atoms with Crippen molar-refractivity contribution in [2.24, 2.45) is 5.92 Å². The van der Waals surface area contributed by atoms with E-state index in [9.17, 15) is 14.4 Å². The number of carbonyl (C=O) groups excluding carboxylic acids is 1. The Bertz CT molecular complexity index is 1270. The summed E-state index contributed by atoms with van der Waals surface area (Å²) in [5, 5.41) is 0. The summed E-state index contributed by atoms with van der Waals surface area (Å²) >= 11 is 0. The van der Waals surface area contributed by atoms with E-state index in [0.717, 1.165) is 24.1 Å². The molecule has 0 atom stereocenters. The standard InChI is InChI=1S/C26H38N6O3/c1-7-8-15-31-24-23(25(34)28-26(31)35)32(16-18(2)3)21(27-24)13-14-22(33)30(6)17-19-9-11-20(12-10-19)29(4)5/h9-12,18H,7-8,13-17H2,1-6H3,(H,28,34,35). The van der Waals surface area contributed by atoms with Crippen LogP contribution in [-0.4, -0.2) is 51.1 Å². The second-order valence-electron chi connectivity index (χ2n) is 9.78. The molecule has 9 heteroatoms. The molecule has 0 aliphatic heterocycles. The van der Waals surface area contributed by atoms with Gasteiger partial charge in [-0.3, -0.25) is 19.1 Å². The second-order valence-corrected chi connectivity index (χ2v) is 9.78. The van der Waals surface area contributed by atoms with Gasteiger partial charge in [0.15, 0.2) is 11.2 Å². The first kappa shape index (κ1) is 26.2. The van der Waals surface area contributed by atoms with E-state index in [4.69, 9.17) is 4.98 Å². The van der Waals surface area contributed by atoms with Gasteiger partial charge in [0.05, 0.1) is 0 Å². The zero-order valence-corrected chi connectivity index (χ0v) is 21.8. The molecule has 190 valence electrons. The van der Waals surface area contributed by atoms with Gasteiger partial charge in [-0.05, 0) is 30.0 Å². The van der Waals surface area contributed by atoms with E-state index in [1.54, 1.807) is 16.5 Å². The third kappa shape index (κ3) is 6.21. The number of hydrogen-bond donors (Lipinski definition) is 1. The van der Waals surface area contributed by atoms with E-state index >= 15 is 0 Å². The van der Waals surface area contributed by atoms with Crippen molar-refractivity contribution in [1.82, 2.24) is 24.0 Å². The zero-order valence-electron chi connectivity index (χ0n) is 21.8. The van der Waals surface area contributed by atoms with Gasteiger partial charge in [-0.2, -0.15) is 0 Å². The van der Waals surface area contributed by atoms with E-state index in [2.05, 4.69) is 25.8 Å². The van der Waals surface area contributed by atoms with Crippen LogP contribution in [0, 0.1) is 5.92 Å². The number of nitrogens with one attached hydrogen (secondary N) is 1. The van der Waals surface area contributed by atoms with Gasteiger partial charge in [0.1, 0.15) is 5.82 Å². The zero-order chi connectivity index (χ0) is 25.7. The van der Waals surface area contributed by atoms with Gasteiger partial charge in [0.25, 0.3) is 5.56 Å². The molecule has 2 aromatic heterocycles. The smallest absolute Gasteiger partial charge is 0.330 e. The van der Waals surface area contributed by atoms with Crippen LogP contribution in [0.5, 0.6) is 0 Å². The molecule has 3 rings (SSSR count). The molecule has 9 nitrogen and oxygen atoms in total. The second kappa shape index (κ2) is 11.4. The lowest BCUT2D eigenvalue weighted by molar-refractivity contribution is -0.130. The maximum absolute atomic E-state index is 12.9. The molecule has 1 N–H and O–H groups in total. The van der Waals surface area contributed by atoms with E-state index < -0.39 is 11.2 Å². The van der Waals surface area contributed by atoms with Crippen molar-refractivity contribution in [1.29, 1.82) is 0 Å². The Balaban J connectivity index is 1.83.